The maximum atomic E-state index is 3.91. The van der Waals surface area contributed by atoms with Crippen molar-refractivity contribution in [2.45, 2.75) is 103 Å². The molecule has 2 heteroatoms. The smallest absolute Gasteiger partial charge is 0.00817 e. The zero-order valence-electron chi connectivity index (χ0n) is 13.8. The Morgan fingerprint density at radius 1 is 1.05 bits per heavy atom. The van der Waals surface area contributed by atoms with E-state index in [0.29, 0.717) is 6.04 Å². The molecule has 0 aromatic rings. The third-order valence-corrected chi connectivity index (χ3v) is 5.36. The van der Waals surface area contributed by atoms with Crippen molar-refractivity contribution in [1.82, 2.24) is 10.6 Å². The first-order valence-corrected chi connectivity index (χ1v) is 9.27. The Kier molecular flexibility index (Phi) is 7.37. The lowest BCUT2D eigenvalue weighted by Gasteiger charge is -2.32. The zero-order valence-corrected chi connectivity index (χ0v) is 13.8. The molecule has 0 radical (unpaired) electrons. The van der Waals surface area contributed by atoms with E-state index in [1.54, 1.807) is 0 Å². The quantitative estimate of drug-likeness (QED) is 0.760. The highest BCUT2D eigenvalue weighted by atomic mass is 15.0. The molecule has 0 bridgehead atoms. The van der Waals surface area contributed by atoms with Crippen molar-refractivity contribution in [3.05, 3.63) is 0 Å². The van der Waals surface area contributed by atoms with E-state index in [9.17, 15) is 0 Å². The summed E-state index contributed by atoms with van der Waals surface area (Å²) >= 11 is 0. The number of nitrogens with one attached hydrogen (secondary N) is 2. The molecule has 2 atom stereocenters. The Hall–Kier alpha value is -0.0800. The fourth-order valence-corrected chi connectivity index (χ4v) is 4.23. The fourth-order valence-electron chi connectivity index (χ4n) is 4.23. The summed E-state index contributed by atoms with van der Waals surface area (Å²) in [5, 5.41) is 7.64. The lowest BCUT2D eigenvalue weighted by molar-refractivity contribution is 0.256. The van der Waals surface area contributed by atoms with E-state index in [2.05, 4.69) is 24.5 Å². The van der Waals surface area contributed by atoms with Gasteiger partial charge in [0.1, 0.15) is 0 Å². The fraction of sp³-hybridized carbons (Fsp3) is 1.00. The van der Waals surface area contributed by atoms with E-state index >= 15 is 0 Å². The molecule has 1 saturated heterocycles. The minimum atomic E-state index is 0.679. The van der Waals surface area contributed by atoms with Gasteiger partial charge in [-0.05, 0) is 64.3 Å². The molecule has 2 fully saturated rings. The van der Waals surface area contributed by atoms with Crippen molar-refractivity contribution in [3.8, 4) is 0 Å². The van der Waals surface area contributed by atoms with Crippen LogP contribution in [0.5, 0.6) is 0 Å². The molecule has 20 heavy (non-hydrogen) atoms. The maximum Gasteiger partial charge on any atom is 0.00817 e. The van der Waals surface area contributed by atoms with Gasteiger partial charge < -0.3 is 10.6 Å². The Bertz CT molecular complexity index is 238. The van der Waals surface area contributed by atoms with Crippen molar-refractivity contribution in [3.63, 3.8) is 0 Å². The zero-order chi connectivity index (χ0) is 14.2. The van der Waals surface area contributed by atoms with Gasteiger partial charge in [-0.15, -0.1) is 0 Å². The van der Waals surface area contributed by atoms with Gasteiger partial charge in [0.25, 0.3) is 0 Å². The third-order valence-electron chi connectivity index (χ3n) is 5.36. The molecule has 1 aliphatic heterocycles. The van der Waals surface area contributed by atoms with Crippen molar-refractivity contribution in [2.24, 2.45) is 5.92 Å². The molecule has 0 amide bonds. The summed E-state index contributed by atoms with van der Waals surface area (Å²) in [6.07, 6.45) is 15.5. The molecule has 0 spiro atoms. The van der Waals surface area contributed by atoms with Crippen LogP contribution >= 0.6 is 0 Å². The van der Waals surface area contributed by atoms with Gasteiger partial charge in [-0.2, -0.15) is 0 Å². The van der Waals surface area contributed by atoms with Crippen LogP contribution in [-0.4, -0.2) is 24.7 Å². The molecule has 2 unspecified atom stereocenters. The van der Waals surface area contributed by atoms with Crippen molar-refractivity contribution < 1.29 is 0 Å². The largest absolute Gasteiger partial charge is 0.314 e. The molecule has 0 aromatic heterocycles. The Morgan fingerprint density at radius 3 is 2.60 bits per heavy atom. The van der Waals surface area contributed by atoms with Crippen molar-refractivity contribution in [1.29, 1.82) is 0 Å². The molecule has 118 valence electrons. The van der Waals surface area contributed by atoms with E-state index in [1.807, 2.05) is 0 Å². The van der Waals surface area contributed by atoms with Gasteiger partial charge in [0, 0.05) is 18.1 Å². The molecule has 1 aliphatic carbocycles. The van der Waals surface area contributed by atoms with E-state index in [-0.39, 0.29) is 0 Å². The summed E-state index contributed by atoms with van der Waals surface area (Å²) < 4.78 is 0. The summed E-state index contributed by atoms with van der Waals surface area (Å²) in [5.41, 5.74) is 0. The average molecular weight is 280 g/mol. The predicted molar refractivity (Wildman–Crippen MR) is 88.1 cm³/mol. The van der Waals surface area contributed by atoms with E-state index < -0.39 is 0 Å². The first-order chi connectivity index (χ1) is 9.78. The highest BCUT2D eigenvalue weighted by Gasteiger charge is 2.22. The van der Waals surface area contributed by atoms with Crippen LogP contribution in [0.1, 0.15) is 84.5 Å². The lowest BCUT2D eigenvalue weighted by Crippen LogP contribution is -2.42. The Balaban J connectivity index is 1.63. The molecule has 0 aromatic carbocycles. The van der Waals surface area contributed by atoms with Crippen LogP contribution in [0.4, 0.5) is 0 Å². The Labute approximate surface area is 126 Å². The topological polar surface area (TPSA) is 24.1 Å². The molecule has 2 N–H and O–H groups in total. The summed E-state index contributed by atoms with van der Waals surface area (Å²) in [4.78, 5) is 0. The SMILES string of the molecule is CCCC1CCC(NC(C)CC2CCCCCN2)CC1. The highest BCUT2D eigenvalue weighted by Crippen LogP contribution is 2.28. The second kappa shape index (κ2) is 9.04. The minimum Gasteiger partial charge on any atom is -0.314 e. The van der Waals surface area contributed by atoms with Crippen LogP contribution in [0.15, 0.2) is 0 Å². The number of hydrogen-bond acceptors (Lipinski definition) is 2. The lowest BCUT2D eigenvalue weighted by atomic mass is 9.83. The van der Waals surface area contributed by atoms with Crippen LogP contribution in [-0.2, 0) is 0 Å². The van der Waals surface area contributed by atoms with Crippen molar-refractivity contribution in [2.75, 3.05) is 6.54 Å². The molecule has 1 heterocycles. The van der Waals surface area contributed by atoms with Gasteiger partial charge in [0.2, 0.25) is 0 Å². The molecule has 2 aliphatic rings. The van der Waals surface area contributed by atoms with Gasteiger partial charge in [-0.25, -0.2) is 0 Å². The number of hydrogen-bond donors (Lipinski definition) is 2. The number of rotatable bonds is 6. The average Bonchev–Trinajstić information content (AvgIpc) is 2.70. The minimum absolute atomic E-state index is 0.679. The van der Waals surface area contributed by atoms with Crippen LogP contribution in [0.25, 0.3) is 0 Å². The van der Waals surface area contributed by atoms with Crippen LogP contribution < -0.4 is 10.6 Å². The molecular formula is C18H36N2. The molecular weight excluding hydrogens is 244 g/mol. The standard InChI is InChI=1S/C18H36N2/c1-3-7-16-9-11-17(12-10-16)20-15(2)14-18-8-5-4-6-13-19-18/h15-20H,3-14H2,1-2H3. The van der Waals surface area contributed by atoms with Crippen LogP contribution in [0.3, 0.4) is 0 Å². The first kappa shape index (κ1) is 16.3. The summed E-state index contributed by atoms with van der Waals surface area (Å²) in [5.74, 6) is 1.02. The molecule has 1 saturated carbocycles. The molecule has 2 nitrogen and oxygen atoms in total. The van der Waals surface area contributed by atoms with Gasteiger partial charge in [0.05, 0.1) is 0 Å². The van der Waals surface area contributed by atoms with E-state index in [1.165, 1.54) is 77.2 Å². The van der Waals surface area contributed by atoms with Gasteiger partial charge in [-0.1, -0.05) is 32.6 Å². The first-order valence-electron chi connectivity index (χ1n) is 9.27. The van der Waals surface area contributed by atoms with Crippen LogP contribution in [0.2, 0.25) is 0 Å². The predicted octanol–water partition coefficient (Wildman–Crippen LogP) is 4.25. The second-order valence-corrected chi connectivity index (χ2v) is 7.31. The summed E-state index contributed by atoms with van der Waals surface area (Å²) in [7, 11) is 0. The summed E-state index contributed by atoms with van der Waals surface area (Å²) in [6, 6.07) is 2.23. The third kappa shape index (κ3) is 5.73. The summed E-state index contributed by atoms with van der Waals surface area (Å²) in [6.45, 7) is 5.95. The van der Waals surface area contributed by atoms with Gasteiger partial charge >= 0.3 is 0 Å². The van der Waals surface area contributed by atoms with E-state index in [0.717, 1.165) is 18.0 Å². The molecule has 2 rings (SSSR count). The highest BCUT2D eigenvalue weighted by molar-refractivity contribution is 4.82. The maximum absolute atomic E-state index is 3.91. The van der Waals surface area contributed by atoms with Crippen molar-refractivity contribution >= 4 is 0 Å². The second-order valence-electron chi connectivity index (χ2n) is 7.31. The van der Waals surface area contributed by atoms with Gasteiger partial charge in [-0.3, -0.25) is 0 Å². The van der Waals surface area contributed by atoms with E-state index in [4.69, 9.17) is 0 Å². The monoisotopic (exact) mass is 280 g/mol. The Morgan fingerprint density at radius 2 is 1.85 bits per heavy atom. The van der Waals surface area contributed by atoms with Gasteiger partial charge in [0.15, 0.2) is 0 Å². The van der Waals surface area contributed by atoms with Crippen LogP contribution in [0, 0.1) is 5.92 Å². The normalized spacial score (nSPS) is 33.6.